The predicted octanol–water partition coefficient (Wildman–Crippen LogP) is 4.50. The lowest BCUT2D eigenvalue weighted by atomic mass is 10.2. The van der Waals surface area contributed by atoms with Gasteiger partial charge in [-0.3, -0.25) is 0 Å². The van der Waals surface area contributed by atoms with Gasteiger partial charge in [0, 0.05) is 28.2 Å². The lowest BCUT2D eigenvalue weighted by Crippen LogP contribution is -2.34. The number of aromatic nitrogens is 2. The molecule has 0 aliphatic carbocycles. The molecule has 0 bridgehead atoms. The zero-order chi connectivity index (χ0) is 17.6. The highest BCUT2D eigenvalue weighted by atomic mass is 32.1. The fourth-order valence-electron chi connectivity index (χ4n) is 2.13. The van der Waals surface area contributed by atoms with Crippen molar-refractivity contribution in [2.24, 2.45) is 0 Å². The summed E-state index contributed by atoms with van der Waals surface area (Å²) in [7, 11) is 0. The Morgan fingerprint density at radius 1 is 1.24 bits per heavy atom. The Morgan fingerprint density at radius 3 is 2.88 bits per heavy atom. The summed E-state index contributed by atoms with van der Waals surface area (Å²) in [5, 5.41) is 11.6. The summed E-state index contributed by atoms with van der Waals surface area (Å²) >= 11 is 1.63. The number of hydrogen-bond donors (Lipinski definition) is 2. The smallest absolute Gasteiger partial charge is 0.319 e. The minimum absolute atomic E-state index is 0.0677. The van der Waals surface area contributed by atoms with Crippen molar-refractivity contribution < 1.29 is 9.32 Å². The monoisotopic (exact) mass is 354 g/mol. The van der Waals surface area contributed by atoms with Crippen LogP contribution in [0.3, 0.4) is 0 Å². The fourth-order valence-corrected chi connectivity index (χ4v) is 2.74. The standard InChI is InChI=1S/C18H18N4O2S/c1-12(2)19-18(23)20-14-6-3-5-13(11-14)17-21-16(24-22-17)9-8-15-7-4-10-25-15/h3-12H,1-2H3,(H2,19,20,23)/b9-8+. The first-order chi connectivity index (χ1) is 12.1. The largest absolute Gasteiger partial charge is 0.336 e. The van der Waals surface area contributed by atoms with Crippen LogP contribution in [-0.2, 0) is 0 Å². The SMILES string of the molecule is CC(C)NC(=O)Nc1cccc(-c2noc(/C=C/c3cccs3)n2)c1. The number of carbonyl (C=O) groups excluding carboxylic acids is 1. The normalized spacial score (nSPS) is 11.2. The molecule has 2 aromatic heterocycles. The van der Waals surface area contributed by atoms with Crippen molar-refractivity contribution in [2.75, 3.05) is 5.32 Å². The summed E-state index contributed by atoms with van der Waals surface area (Å²) in [5.74, 6) is 0.901. The lowest BCUT2D eigenvalue weighted by molar-refractivity contribution is 0.250. The molecule has 1 aromatic carbocycles. The number of thiophene rings is 1. The Labute approximate surface area is 149 Å². The molecule has 0 aliphatic rings. The molecule has 2 amide bonds. The molecule has 3 rings (SSSR count). The number of anilines is 1. The number of benzene rings is 1. The Kier molecular flexibility index (Phi) is 5.25. The second kappa shape index (κ2) is 7.76. The van der Waals surface area contributed by atoms with Crippen molar-refractivity contribution in [3.05, 3.63) is 52.5 Å². The average molecular weight is 354 g/mol. The van der Waals surface area contributed by atoms with Crippen molar-refractivity contribution in [2.45, 2.75) is 19.9 Å². The van der Waals surface area contributed by atoms with E-state index in [-0.39, 0.29) is 12.1 Å². The van der Waals surface area contributed by atoms with Crippen LogP contribution in [-0.4, -0.2) is 22.2 Å². The molecule has 128 valence electrons. The van der Waals surface area contributed by atoms with Crippen molar-refractivity contribution in [1.82, 2.24) is 15.5 Å². The van der Waals surface area contributed by atoms with E-state index in [4.69, 9.17) is 4.52 Å². The van der Waals surface area contributed by atoms with E-state index in [1.807, 2.05) is 49.6 Å². The molecular formula is C18H18N4O2S. The Morgan fingerprint density at radius 2 is 2.12 bits per heavy atom. The van der Waals surface area contributed by atoms with Gasteiger partial charge in [-0.05, 0) is 43.5 Å². The van der Waals surface area contributed by atoms with Gasteiger partial charge in [0.05, 0.1) is 0 Å². The fraction of sp³-hybridized carbons (Fsp3) is 0.167. The van der Waals surface area contributed by atoms with E-state index < -0.39 is 0 Å². The highest BCUT2D eigenvalue weighted by Gasteiger charge is 2.09. The van der Waals surface area contributed by atoms with Crippen molar-refractivity contribution in [3.8, 4) is 11.4 Å². The molecule has 2 N–H and O–H groups in total. The first kappa shape index (κ1) is 16.9. The van der Waals surface area contributed by atoms with Crippen molar-refractivity contribution >= 4 is 35.2 Å². The predicted molar refractivity (Wildman–Crippen MR) is 100 cm³/mol. The van der Waals surface area contributed by atoms with Crippen LogP contribution in [0.4, 0.5) is 10.5 Å². The van der Waals surface area contributed by atoms with Gasteiger partial charge >= 0.3 is 6.03 Å². The van der Waals surface area contributed by atoms with Crippen LogP contribution in [0, 0.1) is 0 Å². The maximum absolute atomic E-state index is 11.8. The molecule has 0 spiro atoms. The third kappa shape index (κ3) is 4.77. The van der Waals surface area contributed by atoms with Crippen LogP contribution >= 0.6 is 11.3 Å². The van der Waals surface area contributed by atoms with Crippen LogP contribution in [0.1, 0.15) is 24.6 Å². The maximum atomic E-state index is 11.8. The Balaban J connectivity index is 1.72. The zero-order valence-corrected chi connectivity index (χ0v) is 14.7. The lowest BCUT2D eigenvalue weighted by Gasteiger charge is -2.10. The van der Waals surface area contributed by atoms with Crippen LogP contribution in [0.2, 0.25) is 0 Å². The van der Waals surface area contributed by atoms with Gasteiger partial charge in [0.1, 0.15) is 0 Å². The van der Waals surface area contributed by atoms with Gasteiger partial charge < -0.3 is 15.2 Å². The van der Waals surface area contributed by atoms with E-state index >= 15 is 0 Å². The molecule has 0 saturated carbocycles. The van der Waals surface area contributed by atoms with E-state index in [1.54, 1.807) is 29.5 Å². The van der Waals surface area contributed by atoms with Crippen LogP contribution in [0.15, 0.2) is 46.3 Å². The quantitative estimate of drug-likeness (QED) is 0.707. The molecule has 0 aliphatic heterocycles. The number of nitrogens with zero attached hydrogens (tertiary/aromatic N) is 2. The summed E-state index contributed by atoms with van der Waals surface area (Å²) in [6.45, 7) is 3.81. The minimum atomic E-state index is -0.250. The summed E-state index contributed by atoms with van der Waals surface area (Å²) in [4.78, 5) is 17.3. The van der Waals surface area contributed by atoms with E-state index in [9.17, 15) is 4.79 Å². The second-order valence-electron chi connectivity index (χ2n) is 5.64. The third-order valence-electron chi connectivity index (χ3n) is 3.17. The maximum Gasteiger partial charge on any atom is 0.319 e. The number of carbonyl (C=O) groups is 1. The molecule has 2 heterocycles. The van der Waals surface area contributed by atoms with Gasteiger partial charge in [0.2, 0.25) is 5.82 Å². The number of hydrogen-bond acceptors (Lipinski definition) is 5. The molecule has 0 fully saturated rings. The first-order valence-corrected chi connectivity index (χ1v) is 8.71. The molecule has 0 saturated heterocycles. The third-order valence-corrected chi connectivity index (χ3v) is 4.01. The van der Waals surface area contributed by atoms with E-state index in [0.29, 0.717) is 17.4 Å². The summed E-state index contributed by atoms with van der Waals surface area (Å²) in [6, 6.07) is 11.1. The number of amides is 2. The summed E-state index contributed by atoms with van der Waals surface area (Å²) in [6.07, 6.45) is 3.71. The van der Waals surface area contributed by atoms with E-state index in [0.717, 1.165) is 10.4 Å². The van der Waals surface area contributed by atoms with Crippen molar-refractivity contribution in [3.63, 3.8) is 0 Å². The second-order valence-corrected chi connectivity index (χ2v) is 6.62. The topological polar surface area (TPSA) is 80.0 Å². The molecule has 7 heteroatoms. The van der Waals surface area contributed by atoms with Crippen LogP contribution in [0.25, 0.3) is 23.5 Å². The summed E-state index contributed by atoms with van der Waals surface area (Å²) < 4.78 is 5.25. The van der Waals surface area contributed by atoms with Crippen molar-refractivity contribution in [1.29, 1.82) is 0 Å². The van der Waals surface area contributed by atoms with Gasteiger partial charge in [-0.25, -0.2) is 4.79 Å². The van der Waals surface area contributed by atoms with Gasteiger partial charge in [0.15, 0.2) is 0 Å². The molecular weight excluding hydrogens is 336 g/mol. The molecule has 25 heavy (non-hydrogen) atoms. The minimum Gasteiger partial charge on any atom is -0.336 e. The molecule has 3 aromatic rings. The van der Waals surface area contributed by atoms with Gasteiger partial charge in [-0.15, -0.1) is 11.3 Å². The van der Waals surface area contributed by atoms with Gasteiger partial charge in [0.25, 0.3) is 5.89 Å². The Bertz CT molecular complexity index is 869. The Hall–Kier alpha value is -2.93. The molecule has 0 atom stereocenters. The number of urea groups is 1. The van der Waals surface area contributed by atoms with Gasteiger partial charge in [-0.1, -0.05) is 23.4 Å². The van der Waals surface area contributed by atoms with Crippen LogP contribution in [0.5, 0.6) is 0 Å². The number of rotatable bonds is 5. The van der Waals surface area contributed by atoms with Gasteiger partial charge in [-0.2, -0.15) is 4.98 Å². The zero-order valence-electron chi connectivity index (χ0n) is 13.9. The van der Waals surface area contributed by atoms with E-state index in [1.165, 1.54) is 0 Å². The van der Waals surface area contributed by atoms with E-state index in [2.05, 4.69) is 20.8 Å². The highest BCUT2D eigenvalue weighted by Crippen LogP contribution is 2.21. The summed E-state index contributed by atoms with van der Waals surface area (Å²) in [5.41, 5.74) is 1.43. The molecule has 0 unspecified atom stereocenters. The first-order valence-electron chi connectivity index (χ1n) is 7.83. The van der Waals surface area contributed by atoms with Crippen LogP contribution < -0.4 is 10.6 Å². The average Bonchev–Trinajstić information content (AvgIpc) is 3.24. The highest BCUT2D eigenvalue weighted by molar-refractivity contribution is 7.10. The molecule has 0 radical (unpaired) electrons. The molecule has 6 nitrogen and oxygen atoms in total. The number of nitrogens with one attached hydrogen (secondary N) is 2.